The van der Waals surface area contributed by atoms with Crippen LogP contribution in [-0.2, 0) is 10.2 Å². The molecule has 3 rings (SSSR count). The van der Waals surface area contributed by atoms with Gasteiger partial charge in [0.1, 0.15) is 0 Å². The molecule has 0 saturated carbocycles. The van der Waals surface area contributed by atoms with E-state index in [0.29, 0.717) is 0 Å². The van der Waals surface area contributed by atoms with Crippen LogP contribution < -0.4 is 5.73 Å². The summed E-state index contributed by atoms with van der Waals surface area (Å²) < 4.78 is 0. The zero-order valence-corrected chi connectivity index (χ0v) is 15.4. The normalized spacial score (nSPS) is 15.4. The fourth-order valence-electron chi connectivity index (χ4n) is 4.50. The van der Waals surface area contributed by atoms with E-state index in [1.165, 1.54) is 19.3 Å². The largest absolute Gasteiger partial charge is 0.369 e. The average Bonchev–Trinajstić information content (AvgIpc) is 2.91. The first kappa shape index (κ1) is 17.7. The number of amides is 1. The van der Waals surface area contributed by atoms with Crippen LogP contribution in [-0.4, -0.2) is 5.91 Å². The maximum absolute atomic E-state index is 12.7. The van der Waals surface area contributed by atoms with Gasteiger partial charge in [-0.25, -0.2) is 0 Å². The minimum Gasteiger partial charge on any atom is -0.369 e. The Hall–Kier alpha value is -2.09. The van der Waals surface area contributed by atoms with Crippen molar-refractivity contribution in [2.75, 3.05) is 0 Å². The molecular formula is C23H29NO. The first-order valence-corrected chi connectivity index (χ1v) is 9.60. The van der Waals surface area contributed by atoms with Gasteiger partial charge in [0.05, 0.1) is 5.41 Å². The van der Waals surface area contributed by atoms with E-state index in [4.69, 9.17) is 5.73 Å². The van der Waals surface area contributed by atoms with Gasteiger partial charge in [-0.3, -0.25) is 4.79 Å². The maximum atomic E-state index is 12.7. The average molecular weight is 335 g/mol. The summed E-state index contributed by atoms with van der Waals surface area (Å²) in [6.45, 7) is 4.57. The van der Waals surface area contributed by atoms with Crippen molar-refractivity contribution in [2.45, 2.75) is 57.8 Å². The van der Waals surface area contributed by atoms with Crippen molar-refractivity contribution >= 4 is 5.91 Å². The van der Waals surface area contributed by atoms with Crippen molar-refractivity contribution in [1.29, 1.82) is 0 Å². The minimum atomic E-state index is -0.665. The second-order valence-electron chi connectivity index (χ2n) is 7.50. The molecule has 2 heteroatoms. The van der Waals surface area contributed by atoms with Gasteiger partial charge in [-0.1, -0.05) is 94.5 Å². The number of carbonyl (C=O) groups is 1. The van der Waals surface area contributed by atoms with E-state index in [1.54, 1.807) is 0 Å². The SMILES string of the molecule is CCCC(C)CCCCC1(C(N)=O)c2ccccc2-c2ccccc21. The molecule has 2 aromatic rings. The lowest BCUT2D eigenvalue weighted by molar-refractivity contribution is -0.122. The number of primary amides is 1. The molecule has 1 aliphatic carbocycles. The van der Waals surface area contributed by atoms with E-state index in [1.807, 2.05) is 24.3 Å². The van der Waals surface area contributed by atoms with Crippen molar-refractivity contribution in [3.8, 4) is 11.1 Å². The molecule has 2 N–H and O–H groups in total. The highest BCUT2D eigenvalue weighted by molar-refractivity contribution is 5.99. The van der Waals surface area contributed by atoms with E-state index < -0.39 is 5.41 Å². The highest BCUT2D eigenvalue weighted by Gasteiger charge is 2.47. The molecule has 2 nitrogen and oxygen atoms in total. The van der Waals surface area contributed by atoms with Gasteiger partial charge in [0.15, 0.2) is 0 Å². The van der Waals surface area contributed by atoms with Crippen molar-refractivity contribution in [3.05, 3.63) is 59.7 Å². The van der Waals surface area contributed by atoms with Crippen molar-refractivity contribution in [2.24, 2.45) is 11.7 Å². The molecule has 0 fully saturated rings. The minimum absolute atomic E-state index is 0.216. The van der Waals surface area contributed by atoms with Gasteiger partial charge in [-0.05, 0) is 34.6 Å². The van der Waals surface area contributed by atoms with Gasteiger partial charge in [0, 0.05) is 0 Å². The number of unbranched alkanes of at least 4 members (excludes halogenated alkanes) is 1. The molecule has 1 aliphatic rings. The lowest BCUT2D eigenvalue weighted by Crippen LogP contribution is -2.40. The molecule has 2 aromatic carbocycles. The molecule has 1 atom stereocenters. The first-order chi connectivity index (χ1) is 12.1. The van der Waals surface area contributed by atoms with Gasteiger partial charge < -0.3 is 5.73 Å². The Morgan fingerprint density at radius 2 is 1.52 bits per heavy atom. The highest BCUT2D eigenvalue weighted by atomic mass is 16.1. The topological polar surface area (TPSA) is 43.1 Å². The fraction of sp³-hybridized carbons (Fsp3) is 0.435. The van der Waals surface area contributed by atoms with Gasteiger partial charge in [-0.15, -0.1) is 0 Å². The lowest BCUT2D eigenvalue weighted by Gasteiger charge is -2.29. The number of hydrogen-bond donors (Lipinski definition) is 1. The number of rotatable bonds is 8. The Labute approximate surface area is 151 Å². The molecule has 0 heterocycles. The van der Waals surface area contributed by atoms with Crippen LogP contribution in [0.15, 0.2) is 48.5 Å². The van der Waals surface area contributed by atoms with Gasteiger partial charge in [-0.2, -0.15) is 0 Å². The lowest BCUT2D eigenvalue weighted by atomic mass is 9.73. The third kappa shape index (κ3) is 3.10. The summed E-state index contributed by atoms with van der Waals surface area (Å²) in [6, 6.07) is 16.5. The van der Waals surface area contributed by atoms with Crippen LogP contribution in [0.1, 0.15) is 63.5 Å². The summed E-state index contributed by atoms with van der Waals surface area (Å²) >= 11 is 0. The second-order valence-corrected chi connectivity index (χ2v) is 7.50. The monoisotopic (exact) mass is 335 g/mol. The molecule has 0 bridgehead atoms. The molecular weight excluding hydrogens is 306 g/mol. The Morgan fingerprint density at radius 3 is 2.04 bits per heavy atom. The molecule has 1 amide bonds. The van der Waals surface area contributed by atoms with Crippen LogP contribution in [0.2, 0.25) is 0 Å². The predicted molar refractivity (Wildman–Crippen MR) is 104 cm³/mol. The molecule has 1 unspecified atom stereocenters. The van der Waals surface area contributed by atoms with Crippen LogP contribution in [0, 0.1) is 5.92 Å². The fourth-order valence-corrected chi connectivity index (χ4v) is 4.50. The Morgan fingerprint density at radius 1 is 0.960 bits per heavy atom. The second kappa shape index (κ2) is 7.43. The number of benzene rings is 2. The number of nitrogens with two attached hydrogens (primary N) is 1. The predicted octanol–water partition coefficient (Wildman–Crippen LogP) is 5.44. The first-order valence-electron chi connectivity index (χ1n) is 9.60. The zero-order valence-electron chi connectivity index (χ0n) is 15.4. The molecule has 0 saturated heterocycles. The number of fused-ring (bicyclic) bond motifs is 3. The third-order valence-electron chi connectivity index (χ3n) is 5.76. The number of carbonyl (C=O) groups excluding carboxylic acids is 1. The van der Waals surface area contributed by atoms with Crippen LogP contribution in [0.4, 0.5) is 0 Å². The standard InChI is InChI=1S/C23H29NO/c1-3-10-17(2)11-8-9-16-23(22(24)25)20-14-6-4-12-18(20)19-13-5-7-15-21(19)23/h4-7,12-15,17H,3,8-11,16H2,1-2H3,(H2,24,25). The van der Waals surface area contributed by atoms with E-state index in [2.05, 4.69) is 38.1 Å². The molecule has 25 heavy (non-hydrogen) atoms. The Kier molecular flexibility index (Phi) is 5.27. The van der Waals surface area contributed by atoms with Crippen LogP contribution in [0.5, 0.6) is 0 Å². The maximum Gasteiger partial charge on any atom is 0.232 e. The Balaban J connectivity index is 1.88. The number of hydrogen-bond acceptors (Lipinski definition) is 1. The van der Waals surface area contributed by atoms with Crippen LogP contribution in [0.25, 0.3) is 11.1 Å². The summed E-state index contributed by atoms with van der Waals surface area (Å²) in [5.74, 6) is 0.546. The molecule has 0 radical (unpaired) electrons. The highest BCUT2D eigenvalue weighted by Crippen LogP contribution is 2.51. The van der Waals surface area contributed by atoms with E-state index >= 15 is 0 Å². The molecule has 0 aromatic heterocycles. The summed E-state index contributed by atoms with van der Waals surface area (Å²) in [7, 11) is 0. The van der Waals surface area contributed by atoms with E-state index in [9.17, 15) is 4.79 Å². The summed E-state index contributed by atoms with van der Waals surface area (Å²) in [5, 5.41) is 0. The summed E-state index contributed by atoms with van der Waals surface area (Å²) in [4.78, 5) is 12.7. The van der Waals surface area contributed by atoms with E-state index in [0.717, 1.165) is 47.4 Å². The molecule has 132 valence electrons. The van der Waals surface area contributed by atoms with Crippen molar-refractivity contribution in [3.63, 3.8) is 0 Å². The quantitative estimate of drug-likeness (QED) is 0.642. The van der Waals surface area contributed by atoms with Crippen LogP contribution in [0.3, 0.4) is 0 Å². The zero-order chi connectivity index (χ0) is 17.9. The smallest absolute Gasteiger partial charge is 0.232 e. The third-order valence-corrected chi connectivity index (χ3v) is 5.76. The molecule has 0 aliphatic heterocycles. The summed E-state index contributed by atoms with van der Waals surface area (Å²) in [5.41, 5.74) is 9.85. The van der Waals surface area contributed by atoms with Gasteiger partial charge in [0.25, 0.3) is 0 Å². The Bertz CT molecular complexity index is 704. The van der Waals surface area contributed by atoms with Crippen molar-refractivity contribution in [1.82, 2.24) is 0 Å². The van der Waals surface area contributed by atoms with E-state index in [-0.39, 0.29) is 5.91 Å². The van der Waals surface area contributed by atoms with Crippen LogP contribution >= 0.6 is 0 Å². The van der Waals surface area contributed by atoms with Crippen molar-refractivity contribution < 1.29 is 4.79 Å². The molecule has 0 spiro atoms. The van der Waals surface area contributed by atoms with Gasteiger partial charge >= 0.3 is 0 Å². The summed E-state index contributed by atoms with van der Waals surface area (Å²) in [6.07, 6.45) is 6.74. The van der Waals surface area contributed by atoms with Gasteiger partial charge in [0.2, 0.25) is 5.91 Å².